The number of nitrogens with zero attached hydrogens (tertiary/aromatic N) is 2. The highest BCUT2D eigenvalue weighted by Gasteiger charge is 2.36. The maximum absolute atomic E-state index is 12.6. The van der Waals surface area contributed by atoms with E-state index in [0.29, 0.717) is 23.9 Å². The second-order valence-electron chi connectivity index (χ2n) is 7.65. The van der Waals surface area contributed by atoms with E-state index in [-0.39, 0.29) is 17.9 Å². The number of benzene rings is 1. The molecule has 1 N–H and O–H groups in total. The summed E-state index contributed by atoms with van der Waals surface area (Å²) in [6.07, 6.45) is 2.49. The zero-order chi connectivity index (χ0) is 18.0. The summed E-state index contributed by atoms with van der Waals surface area (Å²) in [6.45, 7) is 9.44. The van der Waals surface area contributed by atoms with Gasteiger partial charge in [0, 0.05) is 50.3 Å². The van der Waals surface area contributed by atoms with E-state index in [0.717, 1.165) is 19.6 Å². The summed E-state index contributed by atoms with van der Waals surface area (Å²) in [5.41, 5.74) is 1.88. The highest BCUT2D eigenvalue weighted by atomic mass is 16.2. The number of nitrogens with one attached hydrogen (secondary N) is 1. The molecule has 0 radical (unpaired) electrons. The van der Waals surface area contributed by atoms with Gasteiger partial charge in [0.2, 0.25) is 5.91 Å². The number of likely N-dealkylation sites (tertiary alicyclic amines) is 1. The summed E-state index contributed by atoms with van der Waals surface area (Å²) < 4.78 is 0. The number of carbonyl (C=O) groups is 2. The van der Waals surface area contributed by atoms with Gasteiger partial charge in [-0.05, 0) is 43.0 Å². The number of hydrogen-bond acceptors (Lipinski definition) is 3. The first-order valence-corrected chi connectivity index (χ1v) is 9.37. The van der Waals surface area contributed by atoms with Crippen molar-refractivity contribution >= 4 is 17.5 Å². The fourth-order valence-electron chi connectivity index (χ4n) is 3.96. The van der Waals surface area contributed by atoms with E-state index < -0.39 is 0 Å². The normalized spacial score (nSPS) is 23.4. The average molecular weight is 343 g/mol. The average Bonchev–Trinajstić information content (AvgIpc) is 3.24. The smallest absolute Gasteiger partial charge is 0.251 e. The summed E-state index contributed by atoms with van der Waals surface area (Å²) >= 11 is 0. The third kappa shape index (κ3) is 3.97. The van der Waals surface area contributed by atoms with Crippen molar-refractivity contribution in [2.24, 2.45) is 11.8 Å². The highest BCUT2D eigenvalue weighted by Crippen LogP contribution is 2.25. The van der Waals surface area contributed by atoms with Crippen LogP contribution >= 0.6 is 0 Å². The van der Waals surface area contributed by atoms with Gasteiger partial charge in [0.05, 0.1) is 6.04 Å². The highest BCUT2D eigenvalue weighted by molar-refractivity contribution is 5.94. The summed E-state index contributed by atoms with van der Waals surface area (Å²) in [4.78, 5) is 28.5. The molecule has 2 amide bonds. The van der Waals surface area contributed by atoms with Gasteiger partial charge in [-0.3, -0.25) is 9.59 Å². The molecular formula is C20H29N3O2. The van der Waals surface area contributed by atoms with Crippen molar-refractivity contribution in [3.05, 3.63) is 29.8 Å². The topological polar surface area (TPSA) is 52.7 Å². The first-order chi connectivity index (χ1) is 12.0. The quantitative estimate of drug-likeness (QED) is 0.914. The van der Waals surface area contributed by atoms with Crippen LogP contribution < -0.4 is 10.2 Å². The molecule has 0 bridgehead atoms. The third-order valence-corrected chi connectivity index (χ3v) is 5.58. The molecule has 1 aromatic carbocycles. The Bertz CT molecular complexity index is 620. The monoisotopic (exact) mass is 343 g/mol. The first-order valence-electron chi connectivity index (χ1n) is 9.37. The van der Waals surface area contributed by atoms with Crippen LogP contribution in [0, 0.1) is 11.8 Å². The molecule has 2 atom stereocenters. The van der Waals surface area contributed by atoms with Crippen LogP contribution in [0.5, 0.6) is 0 Å². The van der Waals surface area contributed by atoms with E-state index in [1.807, 2.05) is 29.2 Å². The maximum Gasteiger partial charge on any atom is 0.251 e. The summed E-state index contributed by atoms with van der Waals surface area (Å²) in [7, 11) is 0. The fraction of sp³-hybridized carbons (Fsp3) is 0.600. The van der Waals surface area contributed by atoms with E-state index in [4.69, 9.17) is 0 Å². The number of rotatable bonds is 4. The lowest BCUT2D eigenvalue weighted by Crippen LogP contribution is -2.42. The Hall–Kier alpha value is -2.04. The Morgan fingerprint density at radius 3 is 2.28 bits per heavy atom. The number of anilines is 1. The summed E-state index contributed by atoms with van der Waals surface area (Å²) in [5.74, 6) is 0.760. The molecule has 0 aromatic heterocycles. The second kappa shape index (κ2) is 7.46. The van der Waals surface area contributed by atoms with Crippen molar-refractivity contribution in [3.8, 4) is 0 Å². The molecule has 2 aliphatic heterocycles. The third-order valence-electron chi connectivity index (χ3n) is 5.58. The molecule has 0 spiro atoms. The van der Waals surface area contributed by atoms with Crippen molar-refractivity contribution < 1.29 is 9.59 Å². The van der Waals surface area contributed by atoms with Crippen LogP contribution in [0.1, 0.15) is 44.0 Å². The first kappa shape index (κ1) is 17.8. The van der Waals surface area contributed by atoms with Crippen LogP contribution in [0.2, 0.25) is 0 Å². The van der Waals surface area contributed by atoms with Gasteiger partial charge in [-0.15, -0.1) is 0 Å². The molecule has 5 heteroatoms. The van der Waals surface area contributed by atoms with E-state index in [1.165, 1.54) is 18.5 Å². The minimum absolute atomic E-state index is 0.0228. The lowest BCUT2D eigenvalue weighted by molar-refractivity contribution is -0.128. The Morgan fingerprint density at radius 1 is 1.08 bits per heavy atom. The van der Waals surface area contributed by atoms with Gasteiger partial charge in [-0.25, -0.2) is 0 Å². The zero-order valence-electron chi connectivity index (χ0n) is 15.5. The number of carbonyl (C=O) groups excluding carboxylic acids is 2. The predicted molar refractivity (Wildman–Crippen MR) is 99.7 cm³/mol. The fourth-order valence-corrected chi connectivity index (χ4v) is 3.96. The van der Waals surface area contributed by atoms with Crippen molar-refractivity contribution in [1.82, 2.24) is 10.2 Å². The number of hydrogen-bond donors (Lipinski definition) is 1. The Kier molecular flexibility index (Phi) is 5.30. The van der Waals surface area contributed by atoms with Crippen molar-refractivity contribution in [2.45, 2.75) is 39.7 Å². The molecular weight excluding hydrogens is 314 g/mol. The van der Waals surface area contributed by atoms with Crippen LogP contribution in [0.4, 0.5) is 5.69 Å². The van der Waals surface area contributed by atoms with Crippen molar-refractivity contribution in [3.63, 3.8) is 0 Å². The summed E-state index contributed by atoms with van der Waals surface area (Å²) in [5, 5.41) is 3.15. The lowest BCUT2D eigenvalue weighted by atomic mass is 9.91. The molecule has 5 nitrogen and oxygen atoms in total. The minimum Gasteiger partial charge on any atom is -0.372 e. The Morgan fingerprint density at radius 2 is 1.72 bits per heavy atom. The van der Waals surface area contributed by atoms with Gasteiger partial charge < -0.3 is 15.1 Å². The van der Waals surface area contributed by atoms with Crippen LogP contribution in [0.15, 0.2) is 24.3 Å². The predicted octanol–water partition coefficient (Wildman–Crippen LogP) is 2.52. The zero-order valence-corrected chi connectivity index (χ0v) is 15.5. The van der Waals surface area contributed by atoms with Gasteiger partial charge in [0.25, 0.3) is 5.91 Å². The molecule has 2 fully saturated rings. The minimum atomic E-state index is -0.0472. The van der Waals surface area contributed by atoms with Gasteiger partial charge in [-0.1, -0.05) is 13.8 Å². The molecule has 136 valence electrons. The van der Waals surface area contributed by atoms with Crippen LogP contribution in [-0.2, 0) is 4.79 Å². The molecule has 2 aliphatic rings. The molecule has 1 aromatic rings. The lowest BCUT2D eigenvalue weighted by Gasteiger charge is -2.23. The second-order valence-corrected chi connectivity index (χ2v) is 7.65. The van der Waals surface area contributed by atoms with E-state index in [1.54, 1.807) is 6.92 Å². The largest absolute Gasteiger partial charge is 0.372 e. The van der Waals surface area contributed by atoms with E-state index in [2.05, 4.69) is 24.1 Å². The standard InChI is InChI=1S/C20H29N3O2/c1-14(2)18-12-23(15(3)24)13-19(18)21-20(25)16-6-8-17(9-7-16)22-10-4-5-11-22/h6-9,14,18-19H,4-5,10-13H2,1-3H3,(H,21,25)/t18-,19+/m1/s1. The van der Waals surface area contributed by atoms with Crippen LogP contribution in [0.3, 0.4) is 0 Å². The summed E-state index contributed by atoms with van der Waals surface area (Å²) in [6, 6.07) is 7.92. The van der Waals surface area contributed by atoms with Crippen LogP contribution in [-0.4, -0.2) is 48.9 Å². The van der Waals surface area contributed by atoms with E-state index >= 15 is 0 Å². The molecule has 2 heterocycles. The van der Waals surface area contributed by atoms with Gasteiger partial charge in [0.1, 0.15) is 0 Å². The Labute approximate surface area is 150 Å². The van der Waals surface area contributed by atoms with Gasteiger partial charge >= 0.3 is 0 Å². The van der Waals surface area contributed by atoms with Gasteiger partial charge in [0.15, 0.2) is 0 Å². The van der Waals surface area contributed by atoms with Gasteiger partial charge in [-0.2, -0.15) is 0 Å². The SMILES string of the molecule is CC(=O)N1C[C@H](NC(=O)c2ccc(N3CCCC3)cc2)[C@@H](C(C)C)C1. The molecule has 25 heavy (non-hydrogen) atoms. The van der Waals surface area contributed by atoms with Crippen molar-refractivity contribution in [1.29, 1.82) is 0 Å². The maximum atomic E-state index is 12.6. The van der Waals surface area contributed by atoms with E-state index in [9.17, 15) is 9.59 Å². The molecule has 3 rings (SSSR count). The molecule has 2 saturated heterocycles. The molecule has 0 aliphatic carbocycles. The molecule has 0 unspecified atom stereocenters. The Balaban J connectivity index is 1.65. The van der Waals surface area contributed by atoms with Crippen LogP contribution in [0.25, 0.3) is 0 Å². The molecule has 0 saturated carbocycles. The van der Waals surface area contributed by atoms with Crippen molar-refractivity contribution in [2.75, 3.05) is 31.1 Å². The number of amides is 2.